The van der Waals surface area contributed by atoms with Crippen molar-refractivity contribution in [3.63, 3.8) is 0 Å². The zero-order valence-corrected chi connectivity index (χ0v) is 14.4. The molecule has 0 aromatic heterocycles. The number of nitrogens with one attached hydrogen (secondary N) is 1. The van der Waals surface area contributed by atoms with Crippen LogP contribution in [0.3, 0.4) is 0 Å². The van der Waals surface area contributed by atoms with Gasteiger partial charge >= 0.3 is 0 Å². The summed E-state index contributed by atoms with van der Waals surface area (Å²) in [6, 6.07) is 11.5. The summed E-state index contributed by atoms with van der Waals surface area (Å²) in [5.41, 5.74) is 1.46. The number of unbranched alkanes of at least 4 members (excludes halogenated alkanes) is 5. The Balaban J connectivity index is 2.40. The lowest BCUT2D eigenvalue weighted by atomic mass is 9.88. The van der Waals surface area contributed by atoms with Crippen LogP contribution in [0.2, 0.25) is 0 Å². The second kappa shape index (κ2) is 11.8. The first-order valence-electron chi connectivity index (χ1n) is 9.11. The lowest BCUT2D eigenvalue weighted by Crippen LogP contribution is -2.28. The van der Waals surface area contributed by atoms with Gasteiger partial charge in [-0.3, -0.25) is 0 Å². The van der Waals surface area contributed by atoms with E-state index in [0.29, 0.717) is 6.04 Å². The van der Waals surface area contributed by atoms with Gasteiger partial charge in [-0.1, -0.05) is 96.0 Å². The van der Waals surface area contributed by atoms with Crippen LogP contribution >= 0.6 is 0 Å². The van der Waals surface area contributed by atoms with E-state index in [1.165, 1.54) is 56.9 Å². The Hall–Kier alpha value is -0.820. The summed E-state index contributed by atoms with van der Waals surface area (Å²) in [5.74, 6) is 0.743. The maximum Gasteiger partial charge on any atom is 0.0348 e. The van der Waals surface area contributed by atoms with Gasteiger partial charge in [-0.2, -0.15) is 0 Å². The molecule has 1 aromatic carbocycles. The Labute approximate surface area is 132 Å². The number of hydrogen-bond donors (Lipinski definition) is 1. The molecular formula is C20H35N. The molecule has 21 heavy (non-hydrogen) atoms. The van der Waals surface area contributed by atoms with Crippen molar-refractivity contribution in [3.05, 3.63) is 35.9 Å². The fraction of sp³-hybridized carbons (Fsp3) is 0.700. The lowest BCUT2D eigenvalue weighted by molar-refractivity contribution is 0.338. The first-order chi connectivity index (χ1) is 10.3. The molecule has 0 bridgehead atoms. The van der Waals surface area contributed by atoms with Crippen molar-refractivity contribution in [2.45, 2.75) is 78.2 Å². The van der Waals surface area contributed by atoms with Crippen LogP contribution in [0.15, 0.2) is 30.3 Å². The summed E-state index contributed by atoms with van der Waals surface area (Å²) >= 11 is 0. The van der Waals surface area contributed by atoms with E-state index < -0.39 is 0 Å². The van der Waals surface area contributed by atoms with Crippen LogP contribution in [0.4, 0.5) is 0 Å². The zero-order valence-electron chi connectivity index (χ0n) is 14.4. The van der Waals surface area contributed by atoms with Gasteiger partial charge in [0, 0.05) is 6.04 Å². The number of rotatable bonds is 12. The predicted octanol–water partition coefficient (Wildman–Crippen LogP) is 6.11. The highest BCUT2D eigenvalue weighted by Crippen LogP contribution is 2.27. The zero-order chi connectivity index (χ0) is 15.3. The van der Waals surface area contributed by atoms with E-state index in [2.05, 4.69) is 56.4 Å². The van der Waals surface area contributed by atoms with Gasteiger partial charge < -0.3 is 5.32 Å². The molecular weight excluding hydrogens is 254 g/mol. The summed E-state index contributed by atoms with van der Waals surface area (Å²) in [7, 11) is 0. The summed E-state index contributed by atoms with van der Waals surface area (Å²) in [6.45, 7) is 8.07. The molecule has 0 amide bonds. The molecule has 1 rings (SSSR count). The molecule has 0 spiro atoms. The summed E-state index contributed by atoms with van der Waals surface area (Å²) in [5, 5.41) is 3.83. The van der Waals surface area contributed by atoms with E-state index in [-0.39, 0.29) is 0 Å². The van der Waals surface area contributed by atoms with Crippen molar-refractivity contribution < 1.29 is 0 Å². The molecule has 0 aliphatic carbocycles. The van der Waals surface area contributed by atoms with Gasteiger partial charge in [0.25, 0.3) is 0 Å². The molecule has 0 saturated carbocycles. The molecule has 1 atom stereocenters. The molecule has 0 radical (unpaired) electrons. The van der Waals surface area contributed by atoms with Crippen molar-refractivity contribution >= 4 is 0 Å². The van der Waals surface area contributed by atoms with E-state index >= 15 is 0 Å². The highest BCUT2D eigenvalue weighted by atomic mass is 14.9. The van der Waals surface area contributed by atoms with Gasteiger partial charge in [0.15, 0.2) is 0 Å². The monoisotopic (exact) mass is 289 g/mol. The Morgan fingerprint density at radius 1 is 0.810 bits per heavy atom. The molecule has 1 aromatic rings. The van der Waals surface area contributed by atoms with Crippen LogP contribution in [0, 0.1) is 5.92 Å². The fourth-order valence-electron chi connectivity index (χ4n) is 3.14. The average molecular weight is 290 g/mol. The SMILES string of the molecule is CCCCCCCCNC(c1ccccc1)C(CC)CC. The number of benzene rings is 1. The van der Waals surface area contributed by atoms with Crippen molar-refractivity contribution in [1.29, 1.82) is 0 Å². The second-order valence-corrected chi connectivity index (χ2v) is 6.19. The van der Waals surface area contributed by atoms with Gasteiger partial charge in [0.05, 0.1) is 0 Å². The van der Waals surface area contributed by atoms with Crippen LogP contribution in [0.5, 0.6) is 0 Å². The molecule has 0 saturated heterocycles. The third kappa shape index (κ3) is 7.13. The minimum atomic E-state index is 0.525. The predicted molar refractivity (Wildman–Crippen MR) is 94.6 cm³/mol. The maximum atomic E-state index is 3.83. The van der Waals surface area contributed by atoms with E-state index in [9.17, 15) is 0 Å². The van der Waals surface area contributed by atoms with Crippen molar-refractivity contribution in [1.82, 2.24) is 5.32 Å². The maximum absolute atomic E-state index is 3.83. The molecule has 120 valence electrons. The van der Waals surface area contributed by atoms with E-state index in [0.717, 1.165) is 12.5 Å². The van der Waals surface area contributed by atoms with E-state index in [4.69, 9.17) is 0 Å². The Kier molecular flexibility index (Phi) is 10.2. The van der Waals surface area contributed by atoms with Crippen LogP contribution in [0.25, 0.3) is 0 Å². The Morgan fingerprint density at radius 3 is 2.05 bits per heavy atom. The van der Waals surface area contributed by atoms with Gasteiger partial charge in [-0.05, 0) is 24.4 Å². The smallest absolute Gasteiger partial charge is 0.0348 e. The standard InChI is InChI=1S/C20H35N/c1-4-7-8-9-10-14-17-21-20(18(5-2)6-3)19-15-12-11-13-16-19/h11-13,15-16,18,20-21H,4-10,14,17H2,1-3H3. The molecule has 1 heteroatoms. The van der Waals surface area contributed by atoms with Gasteiger partial charge in [0.2, 0.25) is 0 Å². The third-order valence-corrected chi connectivity index (χ3v) is 4.57. The Morgan fingerprint density at radius 2 is 1.43 bits per heavy atom. The highest BCUT2D eigenvalue weighted by molar-refractivity contribution is 5.19. The number of hydrogen-bond acceptors (Lipinski definition) is 1. The minimum absolute atomic E-state index is 0.525. The molecule has 1 unspecified atom stereocenters. The van der Waals surface area contributed by atoms with Gasteiger partial charge in [-0.15, -0.1) is 0 Å². The Bertz CT molecular complexity index is 329. The molecule has 1 nitrogen and oxygen atoms in total. The van der Waals surface area contributed by atoms with Crippen molar-refractivity contribution in [3.8, 4) is 0 Å². The van der Waals surface area contributed by atoms with Crippen molar-refractivity contribution in [2.75, 3.05) is 6.54 Å². The first-order valence-corrected chi connectivity index (χ1v) is 9.11. The minimum Gasteiger partial charge on any atom is -0.310 e. The van der Waals surface area contributed by atoms with Crippen LogP contribution in [0.1, 0.15) is 83.7 Å². The van der Waals surface area contributed by atoms with Crippen LogP contribution < -0.4 is 5.32 Å². The van der Waals surface area contributed by atoms with Crippen LogP contribution in [-0.2, 0) is 0 Å². The van der Waals surface area contributed by atoms with Gasteiger partial charge in [-0.25, -0.2) is 0 Å². The summed E-state index contributed by atoms with van der Waals surface area (Å²) in [6.07, 6.45) is 10.7. The molecule has 0 fully saturated rings. The fourth-order valence-corrected chi connectivity index (χ4v) is 3.14. The normalized spacial score (nSPS) is 12.8. The largest absolute Gasteiger partial charge is 0.310 e. The molecule has 0 heterocycles. The quantitative estimate of drug-likeness (QED) is 0.457. The lowest BCUT2D eigenvalue weighted by Gasteiger charge is -2.27. The van der Waals surface area contributed by atoms with E-state index in [1.807, 2.05) is 0 Å². The van der Waals surface area contributed by atoms with Gasteiger partial charge in [0.1, 0.15) is 0 Å². The summed E-state index contributed by atoms with van der Waals surface area (Å²) in [4.78, 5) is 0. The first kappa shape index (κ1) is 18.2. The molecule has 0 aliphatic heterocycles. The molecule has 0 aliphatic rings. The van der Waals surface area contributed by atoms with Crippen LogP contribution in [-0.4, -0.2) is 6.54 Å². The summed E-state index contributed by atoms with van der Waals surface area (Å²) < 4.78 is 0. The second-order valence-electron chi connectivity index (χ2n) is 6.19. The topological polar surface area (TPSA) is 12.0 Å². The van der Waals surface area contributed by atoms with Crippen molar-refractivity contribution in [2.24, 2.45) is 5.92 Å². The molecule has 1 N–H and O–H groups in total. The van der Waals surface area contributed by atoms with E-state index in [1.54, 1.807) is 0 Å². The highest BCUT2D eigenvalue weighted by Gasteiger charge is 2.19. The third-order valence-electron chi connectivity index (χ3n) is 4.57. The average Bonchev–Trinajstić information content (AvgIpc) is 2.54.